The van der Waals surface area contributed by atoms with Crippen LogP contribution in [0.5, 0.6) is 0 Å². The quantitative estimate of drug-likeness (QED) is 0.139. The van der Waals surface area contributed by atoms with Gasteiger partial charge in [-0.05, 0) is 35.4 Å². The van der Waals surface area contributed by atoms with Crippen molar-refractivity contribution in [3.05, 3.63) is 119 Å². The van der Waals surface area contributed by atoms with E-state index in [-0.39, 0.29) is 5.91 Å². The van der Waals surface area contributed by atoms with Crippen LogP contribution in [-0.4, -0.2) is 65.0 Å². The van der Waals surface area contributed by atoms with E-state index < -0.39 is 0 Å². The summed E-state index contributed by atoms with van der Waals surface area (Å²) >= 11 is 7.92. The molecule has 0 radical (unpaired) electrons. The normalized spacial score (nSPS) is 13.9. The molecule has 1 saturated heterocycles. The van der Waals surface area contributed by atoms with Gasteiger partial charge in [-0.2, -0.15) is 0 Å². The Morgan fingerprint density at radius 1 is 0.951 bits per heavy atom. The van der Waals surface area contributed by atoms with Crippen LogP contribution in [0.3, 0.4) is 0 Å². The fraction of sp³-hybridized carbons (Fsp3) is 0.250. The molecule has 4 aromatic rings. The van der Waals surface area contributed by atoms with Crippen molar-refractivity contribution in [2.45, 2.75) is 17.3 Å². The molecule has 2 aromatic heterocycles. The highest BCUT2D eigenvalue weighted by Crippen LogP contribution is 2.25. The zero-order valence-electron chi connectivity index (χ0n) is 22.8. The SMILES string of the molecule is O=C(NCCc1ccccn1)c1cccc(CSc2nc(Cl)cc(N3CCN(CC=Cc4ccccc4)CC3)n2)c1. The number of rotatable bonds is 11. The van der Waals surface area contributed by atoms with Crippen molar-refractivity contribution in [1.82, 2.24) is 25.2 Å². The van der Waals surface area contributed by atoms with Gasteiger partial charge in [0.05, 0.1) is 0 Å². The maximum atomic E-state index is 12.7. The summed E-state index contributed by atoms with van der Waals surface area (Å²) in [4.78, 5) is 30.9. The highest BCUT2D eigenvalue weighted by atomic mass is 35.5. The van der Waals surface area contributed by atoms with Gasteiger partial charge in [-0.25, -0.2) is 9.97 Å². The number of amides is 1. The number of anilines is 1. The predicted molar refractivity (Wildman–Crippen MR) is 167 cm³/mol. The van der Waals surface area contributed by atoms with E-state index in [0.717, 1.165) is 49.8 Å². The number of aromatic nitrogens is 3. The molecule has 210 valence electrons. The first-order valence-corrected chi connectivity index (χ1v) is 15.1. The molecule has 1 aliphatic heterocycles. The van der Waals surface area contributed by atoms with Gasteiger partial charge >= 0.3 is 0 Å². The van der Waals surface area contributed by atoms with E-state index in [4.69, 9.17) is 16.6 Å². The van der Waals surface area contributed by atoms with E-state index in [1.165, 1.54) is 17.3 Å². The van der Waals surface area contributed by atoms with Crippen molar-refractivity contribution in [1.29, 1.82) is 0 Å². The number of benzene rings is 2. The summed E-state index contributed by atoms with van der Waals surface area (Å²) in [6.45, 7) is 5.14. The minimum Gasteiger partial charge on any atom is -0.354 e. The number of halogens is 1. The molecule has 1 N–H and O–H groups in total. The molecular weight excluding hydrogens is 552 g/mol. The Bertz CT molecular complexity index is 1450. The van der Waals surface area contributed by atoms with Gasteiger partial charge < -0.3 is 10.2 Å². The van der Waals surface area contributed by atoms with Gasteiger partial charge in [0.15, 0.2) is 5.16 Å². The summed E-state index contributed by atoms with van der Waals surface area (Å²) in [6.07, 6.45) is 6.85. The van der Waals surface area contributed by atoms with Gasteiger partial charge in [0.1, 0.15) is 11.0 Å². The zero-order chi connectivity index (χ0) is 28.3. The molecule has 0 spiro atoms. The minimum atomic E-state index is -0.0937. The van der Waals surface area contributed by atoms with Crippen molar-refractivity contribution in [3.63, 3.8) is 0 Å². The van der Waals surface area contributed by atoms with E-state index >= 15 is 0 Å². The average molecular weight is 585 g/mol. The second-order valence-corrected chi connectivity index (χ2v) is 11.1. The van der Waals surface area contributed by atoms with Crippen LogP contribution in [0.25, 0.3) is 6.08 Å². The van der Waals surface area contributed by atoms with E-state index in [9.17, 15) is 4.79 Å². The zero-order valence-corrected chi connectivity index (χ0v) is 24.4. The molecule has 0 bridgehead atoms. The molecule has 1 aliphatic rings. The van der Waals surface area contributed by atoms with Crippen molar-refractivity contribution < 1.29 is 4.79 Å². The number of carbonyl (C=O) groups excluding carboxylic acids is 1. The highest BCUT2D eigenvalue weighted by molar-refractivity contribution is 7.98. The molecule has 0 atom stereocenters. The van der Waals surface area contributed by atoms with Crippen molar-refractivity contribution in [3.8, 4) is 0 Å². The molecule has 0 aliphatic carbocycles. The Balaban J connectivity index is 1.11. The van der Waals surface area contributed by atoms with Crippen LogP contribution in [0.15, 0.2) is 96.3 Å². The molecule has 1 amide bonds. The monoisotopic (exact) mass is 584 g/mol. The minimum absolute atomic E-state index is 0.0937. The lowest BCUT2D eigenvalue weighted by molar-refractivity contribution is 0.0954. The molecule has 0 saturated carbocycles. The number of pyridine rings is 1. The molecule has 7 nitrogen and oxygen atoms in total. The molecular formula is C32H33ClN6OS. The summed E-state index contributed by atoms with van der Waals surface area (Å²) < 4.78 is 0. The van der Waals surface area contributed by atoms with Crippen LogP contribution >= 0.6 is 23.4 Å². The topological polar surface area (TPSA) is 74.2 Å². The third-order valence-corrected chi connectivity index (χ3v) is 7.89. The smallest absolute Gasteiger partial charge is 0.251 e. The molecule has 9 heteroatoms. The third kappa shape index (κ3) is 8.88. The van der Waals surface area contributed by atoms with E-state index in [1.807, 2.05) is 54.6 Å². The largest absolute Gasteiger partial charge is 0.354 e. The first-order chi connectivity index (χ1) is 20.1. The Morgan fingerprint density at radius 3 is 2.59 bits per heavy atom. The van der Waals surface area contributed by atoms with Crippen molar-refractivity contribution >= 4 is 41.2 Å². The molecule has 3 heterocycles. The van der Waals surface area contributed by atoms with Crippen molar-refractivity contribution in [2.75, 3.05) is 44.2 Å². The lowest BCUT2D eigenvalue weighted by Gasteiger charge is -2.35. The third-order valence-electron chi connectivity index (χ3n) is 6.78. The lowest BCUT2D eigenvalue weighted by atomic mass is 10.1. The first kappa shape index (κ1) is 28.8. The fourth-order valence-electron chi connectivity index (χ4n) is 4.58. The Labute approximate surface area is 250 Å². The fourth-order valence-corrected chi connectivity index (χ4v) is 5.60. The summed E-state index contributed by atoms with van der Waals surface area (Å²) in [5.41, 5.74) is 3.83. The van der Waals surface area contributed by atoms with E-state index in [1.54, 1.807) is 6.20 Å². The lowest BCUT2D eigenvalue weighted by Crippen LogP contribution is -2.46. The van der Waals surface area contributed by atoms with Gasteiger partial charge in [-0.1, -0.05) is 84.0 Å². The molecule has 2 aromatic carbocycles. The van der Waals surface area contributed by atoms with Gasteiger partial charge in [0, 0.05) is 75.0 Å². The number of hydrogen-bond donors (Lipinski definition) is 1. The van der Waals surface area contributed by atoms with E-state index in [0.29, 0.717) is 34.6 Å². The number of carbonyl (C=O) groups is 1. The van der Waals surface area contributed by atoms with Crippen LogP contribution in [-0.2, 0) is 12.2 Å². The summed E-state index contributed by atoms with van der Waals surface area (Å²) in [5.74, 6) is 1.40. The number of nitrogens with one attached hydrogen (secondary N) is 1. The van der Waals surface area contributed by atoms with Gasteiger partial charge in [0.25, 0.3) is 5.91 Å². The molecule has 1 fully saturated rings. The Morgan fingerprint density at radius 2 is 1.78 bits per heavy atom. The maximum absolute atomic E-state index is 12.7. The number of thioether (sulfide) groups is 1. The Kier molecular flexibility index (Phi) is 10.4. The first-order valence-electron chi connectivity index (χ1n) is 13.8. The van der Waals surface area contributed by atoms with Crippen LogP contribution < -0.4 is 10.2 Å². The maximum Gasteiger partial charge on any atom is 0.251 e. The second-order valence-electron chi connectivity index (χ2n) is 9.75. The Hall–Kier alpha value is -3.72. The number of nitrogens with zero attached hydrogens (tertiary/aromatic N) is 5. The van der Waals surface area contributed by atoms with Gasteiger partial charge in [-0.3, -0.25) is 14.7 Å². The number of piperazine rings is 1. The van der Waals surface area contributed by atoms with Crippen LogP contribution in [0.1, 0.15) is 27.2 Å². The van der Waals surface area contributed by atoms with Crippen LogP contribution in [0.4, 0.5) is 5.82 Å². The summed E-state index contributed by atoms with van der Waals surface area (Å²) in [6, 6.07) is 25.7. The van der Waals surface area contributed by atoms with Crippen LogP contribution in [0.2, 0.25) is 5.15 Å². The van der Waals surface area contributed by atoms with Gasteiger partial charge in [0.2, 0.25) is 0 Å². The average Bonchev–Trinajstić information content (AvgIpc) is 3.01. The summed E-state index contributed by atoms with van der Waals surface area (Å²) in [7, 11) is 0. The highest BCUT2D eigenvalue weighted by Gasteiger charge is 2.19. The standard InChI is InChI=1S/C32H33ClN6OS/c33-29-23-30(39-20-18-38(19-21-39)17-7-11-25-8-2-1-3-9-25)37-32(36-29)41-24-26-10-6-12-27(22-26)31(40)35-16-14-28-13-4-5-15-34-28/h1-13,15,22-23H,14,16-21,24H2,(H,35,40). The molecule has 5 rings (SSSR count). The molecule has 0 unspecified atom stereocenters. The van der Waals surface area contributed by atoms with Crippen molar-refractivity contribution in [2.24, 2.45) is 0 Å². The van der Waals surface area contributed by atoms with Gasteiger partial charge in [-0.15, -0.1) is 0 Å². The predicted octanol–water partition coefficient (Wildman–Crippen LogP) is 5.63. The van der Waals surface area contributed by atoms with Crippen LogP contribution in [0, 0.1) is 0 Å². The molecule has 41 heavy (non-hydrogen) atoms. The second kappa shape index (κ2) is 14.8. The number of hydrogen-bond acceptors (Lipinski definition) is 7. The summed E-state index contributed by atoms with van der Waals surface area (Å²) in [5, 5.41) is 4.05. The van der Waals surface area contributed by atoms with E-state index in [2.05, 4.69) is 61.5 Å².